The molecule has 2 aliphatic rings. The molecule has 1 spiro atoms. The van der Waals surface area contributed by atoms with Crippen LogP contribution in [0.5, 0.6) is 0 Å². The van der Waals surface area contributed by atoms with Crippen molar-refractivity contribution in [2.75, 3.05) is 13.1 Å². The third-order valence-electron chi connectivity index (χ3n) is 5.76. The molecular formula is C21H24N2O2S. The van der Waals surface area contributed by atoms with Gasteiger partial charge in [-0.2, -0.15) is 0 Å². The SMILES string of the molecule is CCc1cc(C(=O)N2CCC3(CC2)C[C@H](c2ccccc2)C(=O)N3)cs1. The van der Waals surface area contributed by atoms with Crippen LogP contribution in [0, 0.1) is 0 Å². The number of carbonyl (C=O) groups is 2. The second-order valence-electron chi connectivity index (χ2n) is 7.38. The Bertz CT molecular complexity index is 806. The van der Waals surface area contributed by atoms with Crippen LogP contribution in [-0.4, -0.2) is 35.3 Å². The zero-order chi connectivity index (χ0) is 18.1. The number of benzene rings is 1. The molecule has 0 unspecified atom stereocenters. The van der Waals surface area contributed by atoms with Gasteiger partial charge in [-0.05, 0) is 37.3 Å². The molecule has 136 valence electrons. The van der Waals surface area contributed by atoms with Gasteiger partial charge in [-0.3, -0.25) is 9.59 Å². The fourth-order valence-electron chi connectivity index (χ4n) is 4.17. The first-order valence-electron chi connectivity index (χ1n) is 9.34. The molecule has 1 N–H and O–H groups in total. The first kappa shape index (κ1) is 17.3. The van der Waals surface area contributed by atoms with Crippen molar-refractivity contribution in [2.24, 2.45) is 0 Å². The van der Waals surface area contributed by atoms with E-state index in [0.717, 1.165) is 36.8 Å². The van der Waals surface area contributed by atoms with Gasteiger partial charge < -0.3 is 10.2 Å². The average Bonchev–Trinajstić information content (AvgIpc) is 3.27. The van der Waals surface area contributed by atoms with Gasteiger partial charge in [-0.15, -0.1) is 11.3 Å². The highest BCUT2D eigenvalue weighted by atomic mass is 32.1. The molecule has 2 aliphatic heterocycles. The standard InChI is InChI=1S/C21H24N2O2S/c1-2-17-12-16(14-26-17)20(25)23-10-8-21(9-11-23)13-18(19(24)22-21)15-6-4-3-5-7-15/h3-7,12,14,18H,2,8-11,13H2,1H3,(H,22,24)/t18-/m1/s1. The van der Waals surface area contributed by atoms with Crippen LogP contribution in [0.2, 0.25) is 0 Å². The highest BCUT2D eigenvalue weighted by Crippen LogP contribution is 2.39. The van der Waals surface area contributed by atoms with Gasteiger partial charge in [0.25, 0.3) is 5.91 Å². The van der Waals surface area contributed by atoms with Gasteiger partial charge in [0.05, 0.1) is 11.5 Å². The topological polar surface area (TPSA) is 49.4 Å². The highest BCUT2D eigenvalue weighted by Gasteiger charge is 2.46. The fraction of sp³-hybridized carbons (Fsp3) is 0.429. The number of likely N-dealkylation sites (tertiary alicyclic amines) is 1. The molecule has 3 heterocycles. The van der Waals surface area contributed by atoms with Crippen LogP contribution in [0.4, 0.5) is 0 Å². The molecule has 0 saturated carbocycles. The Balaban J connectivity index is 1.42. The Labute approximate surface area is 158 Å². The molecule has 2 saturated heterocycles. The van der Waals surface area contributed by atoms with Crippen LogP contribution in [0.3, 0.4) is 0 Å². The number of aryl methyl sites for hydroxylation is 1. The maximum Gasteiger partial charge on any atom is 0.254 e. The number of hydrogen-bond acceptors (Lipinski definition) is 3. The summed E-state index contributed by atoms with van der Waals surface area (Å²) in [6, 6.07) is 12.0. The van der Waals surface area contributed by atoms with E-state index < -0.39 is 0 Å². The summed E-state index contributed by atoms with van der Waals surface area (Å²) in [5, 5.41) is 5.22. The van der Waals surface area contributed by atoms with Crippen molar-refractivity contribution < 1.29 is 9.59 Å². The third kappa shape index (κ3) is 3.16. The molecule has 2 aromatic rings. The number of rotatable bonds is 3. The van der Waals surface area contributed by atoms with E-state index >= 15 is 0 Å². The minimum atomic E-state index is -0.155. The third-order valence-corrected chi connectivity index (χ3v) is 6.84. The van der Waals surface area contributed by atoms with Crippen LogP contribution in [0.15, 0.2) is 41.8 Å². The minimum Gasteiger partial charge on any atom is -0.350 e. The normalized spacial score (nSPS) is 21.8. The van der Waals surface area contributed by atoms with Crippen LogP contribution < -0.4 is 5.32 Å². The lowest BCUT2D eigenvalue weighted by Gasteiger charge is -2.39. The van der Waals surface area contributed by atoms with E-state index in [1.165, 1.54) is 4.88 Å². The van der Waals surface area contributed by atoms with E-state index in [1.807, 2.05) is 46.7 Å². The summed E-state index contributed by atoms with van der Waals surface area (Å²) in [7, 11) is 0. The van der Waals surface area contributed by atoms with E-state index in [1.54, 1.807) is 11.3 Å². The summed E-state index contributed by atoms with van der Waals surface area (Å²) in [6.07, 6.45) is 3.46. The fourth-order valence-corrected chi connectivity index (χ4v) is 4.97. The lowest BCUT2D eigenvalue weighted by atomic mass is 9.82. The smallest absolute Gasteiger partial charge is 0.254 e. The Kier molecular flexibility index (Phi) is 4.57. The predicted octanol–water partition coefficient (Wildman–Crippen LogP) is 3.59. The summed E-state index contributed by atoms with van der Waals surface area (Å²) in [4.78, 5) is 28.4. The Morgan fingerprint density at radius 2 is 2.00 bits per heavy atom. The highest BCUT2D eigenvalue weighted by molar-refractivity contribution is 7.10. The van der Waals surface area contributed by atoms with Gasteiger partial charge in [0.1, 0.15) is 0 Å². The Morgan fingerprint density at radius 1 is 1.27 bits per heavy atom. The van der Waals surface area contributed by atoms with Crippen molar-refractivity contribution in [1.29, 1.82) is 0 Å². The van der Waals surface area contributed by atoms with E-state index in [4.69, 9.17) is 0 Å². The van der Waals surface area contributed by atoms with Crippen molar-refractivity contribution in [3.63, 3.8) is 0 Å². The van der Waals surface area contributed by atoms with E-state index in [9.17, 15) is 9.59 Å². The number of carbonyl (C=O) groups excluding carboxylic acids is 2. The summed E-state index contributed by atoms with van der Waals surface area (Å²) < 4.78 is 0. The largest absolute Gasteiger partial charge is 0.350 e. The molecule has 5 heteroatoms. The molecule has 0 aliphatic carbocycles. The first-order valence-corrected chi connectivity index (χ1v) is 10.2. The maximum atomic E-state index is 12.7. The van der Waals surface area contributed by atoms with Crippen molar-refractivity contribution >= 4 is 23.2 Å². The van der Waals surface area contributed by atoms with Gasteiger partial charge >= 0.3 is 0 Å². The first-order chi connectivity index (χ1) is 12.6. The molecule has 26 heavy (non-hydrogen) atoms. The average molecular weight is 369 g/mol. The molecule has 1 atom stereocenters. The molecule has 2 amide bonds. The lowest BCUT2D eigenvalue weighted by Crippen LogP contribution is -2.52. The van der Waals surface area contributed by atoms with Crippen LogP contribution in [0.25, 0.3) is 0 Å². The van der Waals surface area contributed by atoms with Crippen molar-refractivity contribution in [2.45, 2.75) is 44.1 Å². The quantitative estimate of drug-likeness (QED) is 0.900. The molecule has 4 rings (SSSR count). The van der Waals surface area contributed by atoms with Crippen molar-refractivity contribution in [3.05, 3.63) is 57.8 Å². The molecule has 2 fully saturated rings. The lowest BCUT2D eigenvalue weighted by molar-refractivity contribution is -0.121. The van der Waals surface area contributed by atoms with E-state index in [0.29, 0.717) is 13.1 Å². The molecule has 0 bridgehead atoms. The summed E-state index contributed by atoms with van der Waals surface area (Å²) in [5.41, 5.74) is 1.74. The molecule has 1 aromatic carbocycles. The van der Waals surface area contributed by atoms with Gasteiger partial charge in [0, 0.05) is 28.9 Å². The minimum absolute atomic E-state index is 0.0672. The molecular weight excluding hydrogens is 344 g/mol. The van der Waals surface area contributed by atoms with Gasteiger partial charge in [0.15, 0.2) is 0 Å². The van der Waals surface area contributed by atoms with E-state index in [-0.39, 0.29) is 23.3 Å². The maximum absolute atomic E-state index is 12.7. The Morgan fingerprint density at radius 3 is 2.65 bits per heavy atom. The van der Waals surface area contributed by atoms with Crippen LogP contribution >= 0.6 is 11.3 Å². The second-order valence-corrected chi connectivity index (χ2v) is 8.38. The van der Waals surface area contributed by atoms with Gasteiger partial charge in [0.2, 0.25) is 5.91 Å². The van der Waals surface area contributed by atoms with E-state index in [2.05, 4.69) is 12.2 Å². The zero-order valence-corrected chi connectivity index (χ0v) is 15.8. The number of thiophene rings is 1. The van der Waals surface area contributed by atoms with Crippen molar-refractivity contribution in [1.82, 2.24) is 10.2 Å². The molecule has 0 radical (unpaired) electrons. The predicted molar refractivity (Wildman–Crippen MR) is 104 cm³/mol. The number of nitrogens with one attached hydrogen (secondary N) is 1. The molecule has 4 nitrogen and oxygen atoms in total. The molecule has 1 aromatic heterocycles. The number of piperidine rings is 1. The summed E-state index contributed by atoms with van der Waals surface area (Å²) in [6.45, 7) is 3.52. The summed E-state index contributed by atoms with van der Waals surface area (Å²) in [5.74, 6) is 0.184. The van der Waals surface area contributed by atoms with Crippen LogP contribution in [-0.2, 0) is 11.2 Å². The number of hydrogen-bond donors (Lipinski definition) is 1. The Hall–Kier alpha value is -2.14. The number of nitrogens with zero attached hydrogens (tertiary/aromatic N) is 1. The van der Waals surface area contributed by atoms with Gasteiger partial charge in [-0.25, -0.2) is 0 Å². The summed E-state index contributed by atoms with van der Waals surface area (Å²) >= 11 is 1.65. The zero-order valence-electron chi connectivity index (χ0n) is 15.0. The monoisotopic (exact) mass is 368 g/mol. The van der Waals surface area contributed by atoms with Crippen molar-refractivity contribution in [3.8, 4) is 0 Å². The van der Waals surface area contributed by atoms with Gasteiger partial charge in [-0.1, -0.05) is 37.3 Å². The number of amides is 2. The second kappa shape index (κ2) is 6.88. The van der Waals surface area contributed by atoms with Crippen LogP contribution in [0.1, 0.15) is 52.9 Å².